The summed E-state index contributed by atoms with van der Waals surface area (Å²) in [5, 5.41) is 0. The Labute approximate surface area is 138 Å². The van der Waals surface area contributed by atoms with Crippen LogP contribution in [-0.4, -0.2) is 41.2 Å². The summed E-state index contributed by atoms with van der Waals surface area (Å²) in [5.41, 5.74) is 0. The molecule has 0 aliphatic rings. The Morgan fingerprint density at radius 2 is 1.00 bits per heavy atom. The minimum atomic E-state index is -4.13. The van der Waals surface area contributed by atoms with E-state index in [-0.39, 0.29) is 35.0 Å². The topological polar surface area (TPSA) is 175 Å². The van der Waals surface area contributed by atoms with E-state index >= 15 is 0 Å². The summed E-state index contributed by atoms with van der Waals surface area (Å²) < 4.78 is 83.1. The van der Waals surface area contributed by atoms with Gasteiger partial charge in [0, 0.05) is 0 Å². The average Bonchev–Trinajstić information content (AvgIpc) is 2.07. The molecule has 0 fully saturated rings. The van der Waals surface area contributed by atoms with Crippen molar-refractivity contribution in [2.24, 2.45) is 0 Å². The molecule has 0 aromatic rings. The molecule has 16 heteroatoms. The molecule has 0 saturated heterocycles. The third kappa shape index (κ3) is 96.0. The van der Waals surface area contributed by atoms with E-state index in [1.54, 1.807) is 0 Å². The van der Waals surface area contributed by atoms with Crippen LogP contribution in [0, 0.1) is 0 Å². The molecule has 0 N–H and O–H groups in total. The molecule has 0 aromatic carbocycles. The molecule has 0 heterocycles. The van der Waals surface area contributed by atoms with E-state index < -0.39 is 72.2 Å². The molecule has 0 saturated carbocycles. The third-order valence-corrected chi connectivity index (χ3v) is 6.00. The van der Waals surface area contributed by atoms with Crippen molar-refractivity contribution >= 4 is 41.2 Å². The zero-order valence-electron chi connectivity index (χ0n) is 6.83. The summed E-state index contributed by atoms with van der Waals surface area (Å²) in [6, 6.07) is 0. The van der Waals surface area contributed by atoms with E-state index in [4.69, 9.17) is 19.5 Å². The SMILES string of the molecule is [Co+2].[O]=[Cr][O-].[O]=[Cr][O-].[O]=[Sb](=[O])[O][Sb](=[O])=[O].[O]=[Zn]. The molecule has 0 rings (SSSR count). The van der Waals surface area contributed by atoms with Gasteiger partial charge in [-0.2, -0.15) is 0 Å². The summed E-state index contributed by atoms with van der Waals surface area (Å²) >= 11 is -11.4. The molecule has 0 atom stereocenters. The van der Waals surface area contributed by atoms with Gasteiger partial charge in [-0.1, -0.05) is 0 Å². The molecular formula is CoCr2O10Sb2Zn. The van der Waals surface area contributed by atoms with E-state index in [2.05, 4.69) is 1.29 Å². The van der Waals surface area contributed by atoms with Crippen LogP contribution in [0.15, 0.2) is 0 Å². The zero-order valence-corrected chi connectivity index (χ0v) is 18.5. The third-order valence-electron chi connectivity index (χ3n) is 0.133. The van der Waals surface area contributed by atoms with Crippen LogP contribution in [0.3, 0.4) is 0 Å². The second kappa shape index (κ2) is 36.0. The molecule has 0 spiro atoms. The molecule has 10 nitrogen and oxygen atoms in total. The fourth-order valence-electron chi connectivity index (χ4n) is 0.0544. The van der Waals surface area contributed by atoms with Gasteiger partial charge in [0.15, 0.2) is 0 Å². The normalized spacial score (nSPS) is 5.50. The van der Waals surface area contributed by atoms with Crippen LogP contribution in [0.5, 0.6) is 0 Å². The number of hydrogen-bond donors (Lipinski definition) is 0. The van der Waals surface area contributed by atoms with Crippen LogP contribution >= 0.6 is 0 Å². The van der Waals surface area contributed by atoms with Crippen LogP contribution in [0.2, 0.25) is 0 Å². The van der Waals surface area contributed by atoms with Gasteiger partial charge in [-0.15, -0.1) is 0 Å². The fourth-order valence-corrected chi connectivity index (χ4v) is 2.45. The monoisotopic (exact) mass is 629 g/mol. The predicted octanol–water partition coefficient (Wildman–Crippen LogP) is -4.05. The molecule has 1 radical (unpaired) electrons. The van der Waals surface area contributed by atoms with Crippen LogP contribution in [0.4, 0.5) is 0 Å². The van der Waals surface area contributed by atoms with E-state index in [0.717, 1.165) is 0 Å². The quantitative estimate of drug-likeness (QED) is 0.273. The van der Waals surface area contributed by atoms with Gasteiger partial charge in [0.05, 0.1) is 0 Å². The van der Waals surface area contributed by atoms with Gasteiger partial charge in [-0.25, -0.2) is 0 Å². The van der Waals surface area contributed by atoms with Crippen molar-refractivity contribution in [1.82, 2.24) is 0 Å². The molecule has 0 aliphatic heterocycles. The first kappa shape index (κ1) is 31.0. The van der Waals surface area contributed by atoms with E-state index in [1.165, 1.54) is 0 Å². The van der Waals surface area contributed by atoms with Crippen molar-refractivity contribution in [2.45, 2.75) is 0 Å². The Morgan fingerprint density at radius 1 is 0.875 bits per heavy atom. The molecule has 0 amide bonds. The number of hydrogen-bond acceptors (Lipinski definition) is 10. The van der Waals surface area contributed by atoms with Gasteiger partial charge in [-0.05, 0) is 0 Å². The van der Waals surface area contributed by atoms with Crippen LogP contribution in [-0.2, 0) is 90.6 Å². The Morgan fingerprint density at radius 3 is 1.00 bits per heavy atom. The van der Waals surface area contributed by atoms with Gasteiger partial charge in [0.25, 0.3) is 0 Å². The van der Waals surface area contributed by atoms with Crippen molar-refractivity contribution in [3.8, 4) is 0 Å². The molecular weight excluding hydrogens is 632 g/mol. The van der Waals surface area contributed by atoms with E-state index in [9.17, 15) is 12.1 Å². The Bertz CT molecular complexity index is 230. The number of rotatable bonds is 2. The Kier molecular flexibility index (Phi) is 69.7. The standard InChI is InChI=1S/Co.2Cr.10O.2Sb.Zn/q+2;;;;;;;;;;;2*-1;;;. The zero-order chi connectivity index (χ0) is 13.3. The summed E-state index contributed by atoms with van der Waals surface area (Å²) in [7, 11) is 0. The second-order valence-corrected chi connectivity index (χ2v) is 7.24. The van der Waals surface area contributed by atoms with Crippen LogP contribution in [0.1, 0.15) is 0 Å². The molecule has 0 unspecified atom stereocenters. The minimum absolute atomic E-state index is 0. The Hall–Kier alpha value is 2.31. The van der Waals surface area contributed by atoms with Gasteiger partial charge < -0.3 is 0 Å². The average molecular weight is 632 g/mol. The first-order valence-corrected chi connectivity index (χ1v) is 11.6. The molecule has 0 aliphatic carbocycles. The van der Waals surface area contributed by atoms with E-state index in [0.29, 0.717) is 0 Å². The summed E-state index contributed by atoms with van der Waals surface area (Å²) in [4.78, 5) is 0. The van der Waals surface area contributed by atoms with Gasteiger partial charge in [-0.3, -0.25) is 0 Å². The maximum absolute atomic E-state index is 9.39. The molecule has 93 valence electrons. The summed E-state index contributed by atoms with van der Waals surface area (Å²) in [6.07, 6.45) is 0. The van der Waals surface area contributed by atoms with Gasteiger partial charge >= 0.3 is 140 Å². The first-order valence-electron chi connectivity index (χ1n) is 2.05. The van der Waals surface area contributed by atoms with Crippen molar-refractivity contribution < 1.29 is 98.9 Å². The molecule has 16 heavy (non-hydrogen) atoms. The van der Waals surface area contributed by atoms with Crippen molar-refractivity contribution in [3.05, 3.63) is 0 Å². The van der Waals surface area contributed by atoms with Crippen molar-refractivity contribution in [3.63, 3.8) is 0 Å². The fraction of sp³-hybridized carbons (Fsp3) is 0. The van der Waals surface area contributed by atoms with Crippen LogP contribution in [0.25, 0.3) is 0 Å². The molecule has 0 aromatic heterocycles. The van der Waals surface area contributed by atoms with Crippen molar-refractivity contribution in [1.29, 1.82) is 0 Å². The van der Waals surface area contributed by atoms with Crippen LogP contribution < -0.4 is 8.32 Å². The molecule has 0 bridgehead atoms. The maximum atomic E-state index is 9.39. The van der Waals surface area contributed by atoms with E-state index in [1.807, 2.05) is 0 Å². The van der Waals surface area contributed by atoms with Crippen molar-refractivity contribution in [2.75, 3.05) is 0 Å². The Balaban J connectivity index is -0.0000000383. The first-order chi connectivity index (χ1) is 6.95. The second-order valence-electron chi connectivity index (χ2n) is 0.665. The summed E-state index contributed by atoms with van der Waals surface area (Å²) in [6.45, 7) is 0. The van der Waals surface area contributed by atoms with Gasteiger partial charge in [0.2, 0.25) is 0 Å². The summed E-state index contributed by atoms with van der Waals surface area (Å²) in [5.74, 6) is 0. The predicted molar refractivity (Wildman–Crippen MR) is 17.4 cm³/mol. The van der Waals surface area contributed by atoms with Gasteiger partial charge in [0.1, 0.15) is 0 Å².